The number of fused-ring (bicyclic) bond motifs is 1. The molecule has 3 nitrogen and oxygen atoms in total. The fourth-order valence-corrected chi connectivity index (χ4v) is 2.57. The van der Waals surface area contributed by atoms with Crippen LogP contribution in [0, 0.1) is 6.92 Å². The topological polar surface area (TPSA) is 48.1 Å². The Labute approximate surface area is 124 Å². The number of nitrogens with two attached hydrogens (primary N) is 1. The molecule has 21 heavy (non-hydrogen) atoms. The summed E-state index contributed by atoms with van der Waals surface area (Å²) in [5.41, 5.74) is 10.1. The second-order valence-corrected chi connectivity index (χ2v) is 5.04. The van der Waals surface area contributed by atoms with Crippen LogP contribution < -0.4 is 10.5 Å². The second kappa shape index (κ2) is 5.44. The minimum atomic E-state index is 0.771. The van der Waals surface area contributed by atoms with Gasteiger partial charge in [-0.2, -0.15) is 0 Å². The zero-order valence-electron chi connectivity index (χ0n) is 12.3. The van der Waals surface area contributed by atoms with Gasteiger partial charge in [0.2, 0.25) is 0 Å². The van der Waals surface area contributed by atoms with E-state index in [0.29, 0.717) is 0 Å². The molecule has 0 unspecified atom stereocenters. The van der Waals surface area contributed by atoms with Crippen molar-refractivity contribution in [1.82, 2.24) is 4.98 Å². The number of anilines is 1. The first-order chi connectivity index (χ1) is 10.2. The van der Waals surface area contributed by atoms with E-state index < -0.39 is 0 Å². The van der Waals surface area contributed by atoms with Crippen molar-refractivity contribution in [3.63, 3.8) is 0 Å². The fourth-order valence-electron chi connectivity index (χ4n) is 2.57. The van der Waals surface area contributed by atoms with Gasteiger partial charge in [0.15, 0.2) is 0 Å². The molecule has 3 rings (SSSR count). The van der Waals surface area contributed by atoms with Crippen LogP contribution in [0.15, 0.2) is 48.5 Å². The first-order valence-electron chi connectivity index (χ1n) is 7.10. The third kappa shape index (κ3) is 2.55. The Bertz CT molecular complexity index is 782. The normalized spacial score (nSPS) is 10.8. The molecule has 0 aliphatic rings. The van der Waals surface area contributed by atoms with Crippen molar-refractivity contribution < 1.29 is 4.74 Å². The highest BCUT2D eigenvalue weighted by Gasteiger charge is 2.09. The Balaban J connectivity index is 2.07. The Morgan fingerprint density at radius 1 is 1.05 bits per heavy atom. The van der Waals surface area contributed by atoms with Gasteiger partial charge >= 0.3 is 0 Å². The number of benzene rings is 2. The zero-order chi connectivity index (χ0) is 14.8. The standard InChI is InChI=1S/C18H18N2O/c1-3-15-12(2)20-17-10-9-14(11-16(17)18(15)19)21-13-7-5-4-6-8-13/h4-11H,3H2,1-2H3,(H2,19,20). The number of para-hydroxylation sites is 1. The molecule has 1 heterocycles. The highest BCUT2D eigenvalue weighted by atomic mass is 16.5. The number of ether oxygens (including phenoxy) is 1. The van der Waals surface area contributed by atoms with Gasteiger partial charge in [-0.3, -0.25) is 4.98 Å². The minimum Gasteiger partial charge on any atom is -0.457 e. The summed E-state index contributed by atoms with van der Waals surface area (Å²) in [6.45, 7) is 4.10. The lowest BCUT2D eigenvalue weighted by Crippen LogP contribution is -2.00. The highest BCUT2D eigenvalue weighted by Crippen LogP contribution is 2.31. The smallest absolute Gasteiger partial charge is 0.128 e. The number of hydrogen-bond acceptors (Lipinski definition) is 3. The number of aryl methyl sites for hydroxylation is 1. The lowest BCUT2D eigenvalue weighted by atomic mass is 10.0. The van der Waals surface area contributed by atoms with Gasteiger partial charge < -0.3 is 10.5 Å². The monoisotopic (exact) mass is 278 g/mol. The molecule has 3 heteroatoms. The number of hydrogen-bond donors (Lipinski definition) is 1. The summed E-state index contributed by atoms with van der Waals surface area (Å²) >= 11 is 0. The molecule has 0 saturated heterocycles. The summed E-state index contributed by atoms with van der Waals surface area (Å²) in [4.78, 5) is 4.62. The van der Waals surface area contributed by atoms with E-state index in [1.165, 1.54) is 0 Å². The molecule has 0 radical (unpaired) electrons. The molecule has 0 amide bonds. The number of nitrogen functional groups attached to an aromatic ring is 1. The van der Waals surface area contributed by atoms with Gasteiger partial charge in [-0.15, -0.1) is 0 Å². The Morgan fingerprint density at radius 2 is 1.81 bits per heavy atom. The van der Waals surface area contributed by atoms with Crippen molar-refractivity contribution in [2.75, 3.05) is 5.73 Å². The molecule has 0 spiro atoms. The minimum absolute atomic E-state index is 0.771. The third-order valence-electron chi connectivity index (χ3n) is 3.64. The molecule has 2 aromatic carbocycles. The Kier molecular flexibility index (Phi) is 3.48. The summed E-state index contributed by atoms with van der Waals surface area (Å²) in [6.07, 6.45) is 0.879. The molecule has 2 N–H and O–H groups in total. The first kappa shape index (κ1) is 13.4. The molecular weight excluding hydrogens is 260 g/mol. The van der Waals surface area contributed by atoms with Crippen molar-refractivity contribution in [2.45, 2.75) is 20.3 Å². The molecule has 1 aromatic heterocycles. The maximum atomic E-state index is 6.30. The first-order valence-corrected chi connectivity index (χ1v) is 7.10. The number of nitrogens with zero attached hydrogens (tertiary/aromatic N) is 1. The molecule has 0 atom stereocenters. The predicted octanol–water partition coefficient (Wildman–Crippen LogP) is 4.48. The predicted molar refractivity (Wildman–Crippen MR) is 86.8 cm³/mol. The van der Waals surface area contributed by atoms with Crippen molar-refractivity contribution in [3.05, 3.63) is 59.8 Å². The van der Waals surface area contributed by atoms with Crippen LogP contribution in [-0.2, 0) is 6.42 Å². The van der Waals surface area contributed by atoms with Crippen LogP contribution in [0.2, 0.25) is 0 Å². The third-order valence-corrected chi connectivity index (χ3v) is 3.64. The maximum Gasteiger partial charge on any atom is 0.128 e. The molecule has 106 valence electrons. The largest absolute Gasteiger partial charge is 0.457 e. The Morgan fingerprint density at radius 3 is 2.52 bits per heavy atom. The van der Waals surface area contributed by atoms with E-state index in [0.717, 1.165) is 45.8 Å². The average molecular weight is 278 g/mol. The van der Waals surface area contributed by atoms with Crippen LogP contribution in [0.25, 0.3) is 10.9 Å². The van der Waals surface area contributed by atoms with Crippen LogP contribution in [0.3, 0.4) is 0 Å². The van der Waals surface area contributed by atoms with E-state index in [2.05, 4.69) is 11.9 Å². The Hall–Kier alpha value is -2.55. The molecule has 3 aromatic rings. The highest BCUT2D eigenvalue weighted by molar-refractivity contribution is 5.93. The van der Waals surface area contributed by atoms with Gasteiger partial charge in [0, 0.05) is 16.8 Å². The summed E-state index contributed by atoms with van der Waals surface area (Å²) < 4.78 is 5.86. The second-order valence-electron chi connectivity index (χ2n) is 5.04. The maximum absolute atomic E-state index is 6.30. The van der Waals surface area contributed by atoms with Gasteiger partial charge in [0.25, 0.3) is 0 Å². The van der Waals surface area contributed by atoms with Crippen LogP contribution >= 0.6 is 0 Å². The van der Waals surface area contributed by atoms with E-state index in [-0.39, 0.29) is 0 Å². The van der Waals surface area contributed by atoms with Crippen LogP contribution in [0.1, 0.15) is 18.2 Å². The van der Waals surface area contributed by atoms with Gasteiger partial charge in [0.1, 0.15) is 11.5 Å². The average Bonchev–Trinajstić information content (AvgIpc) is 2.49. The molecule has 0 aliphatic carbocycles. The lowest BCUT2D eigenvalue weighted by Gasteiger charge is -2.12. The van der Waals surface area contributed by atoms with Crippen LogP contribution in [0.4, 0.5) is 5.69 Å². The van der Waals surface area contributed by atoms with Crippen LogP contribution in [-0.4, -0.2) is 4.98 Å². The summed E-state index contributed by atoms with van der Waals surface area (Å²) in [7, 11) is 0. The fraction of sp³-hybridized carbons (Fsp3) is 0.167. The van der Waals surface area contributed by atoms with Crippen molar-refractivity contribution in [2.24, 2.45) is 0 Å². The van der Waals surface area contributed by atoms with Gasteiger partial charge in [0.05, 0.1) is 5.52 Å². The van der Waals surface area contributed by atoms with Gasteiger partial charge in [-0.1, -0.05) is 25.1 Å². The van der Waals surface area contributed by atoms with E-state index in [1.54, 1.807) is 0 Å². The molecule has 0 fully saturated rings. The molecule has 0 saturated carbocycles. The van der Waals surface area contributed by atoms with Crippen molar-refractivity contribution in [1.29, 1.82) is 0 Å². The molecular formula is C18H18N2O. The molecule has 0 bridgehead atoms. The van der Waals surface area contributed by atoms with Crippen molar-refractivity contribution in [3.8, 4) is 11.5 Å². The summed E-state index contributed by atoms with van der Waals surface area (Å²) in [5, 5.41) is 0.950. The van der Waals surface area contributed by atoms with E-state index in [9.17, 15) is 0 Å². The summed E-state index contributed by atoms with van der Waals surface area (Å²) in [5.74, 6) is 1.58. The number of aromatic nitrogens is 1. The number of pyridine rings is 1. The summed E-state index contributed by atoms with van der Waals surface area (Å²) in [6, 6.07) is 15.6. The lowest BCUT2D eigenvalue weighted by molar-refractivity contribution is 0.483. The quantitative estimate of drug-likeness (QED) is 0.768. The zero-order valence-corrected chi connectivity index (χ0v) is 12.3. The molecule has 0 aliphatic heterocycles. The van der Waals surface area contributed by atoms with Gasteiger partial charge in [-0.05, 0) is 49.2 Å². The van der Waals surface area contributed by atoms with Crippen LogP contribution in [0.5, 0.6) is 11.5 Å². The van der Waals surface area contributed by atoms with E-state index >= 15 is 0 Å². The van der Waals surface area contributed by atoms with Gasteiger partial charge in [-0.25, -0.2) is 0 Å². The van der Waals surface area contributed by atoms with E-state index in [1.807, 2.05) is 55.5 Å². The van der Waals surface area contributed by atoms with Crippen molar-refractivity contribution >= 4 is 16.6 Å². The SMILES string of the molecule is CCc1c(C)nc2ccc(Oc3ccccc3)cc2c1N. The van der Waals surface area contributed by atoms with E-state index in [4.69, 9.17) is 10.5 Å². The number of rotatable bonds is 3.